The van der Waals surface area contributed by atoms with E-state index in [9.17, 15) is 5.11 Å². The zero-order valence-corrected chi connectivity index (χ0v) is 8.93. The number of hydrogen-bond acceptors (Lipinski definition) is 2. The molecule has 2 heteroatoms. The van der Waals surface area contributed by atoms with Crippen molar-refractivity contribution in [1.29, 1.82) is 0 Å². The van der Waals surface area contributed by atoms with Gasteiger partial charge < -0.3 is 9.90 Å². The zero-order chi connectivity index (χ0) is 11.1. The summed E-state index contributed by atoms with van der Waals surface area (Å²) >= 11 is 0. The van der Waals surface area contributed by atoms with Gasteiger partial charge in [-0.25, -0.2) is 0 Å². The van der Waals surface area contributed by atoms with E-state index in [1.807, 2.05) is 12.9 Å². The average molecular weight is 206 g/mol. The molecule has 1 aromatic carbocycles. The Hall–Kier alpha value is -1.15. The first-order chi connectivity index (χ1) is 7.38. The fourth-order valence-electron chi connectivity index (χ4n) is 2.20. The van der Waals surface area contributed by atoms with E-state index in [0.717, 1.165) is 12.8 Å². The van der Waals surface area contributed by atoms with Crippen LogP contribution in [0.25, 0.3) is 0 Å². The third kappa shape index (κ3) is 3.17. The molecule has 0 aliphatic heterocycles. The lowest BCUT2D eigenvalue weighted by Crippen LogP contribution is -2.22. The maximum atomic E-state index is 9.82. The van der Waals surface area contributed by atoms with E-state index < -0.39 is 0 Å². The minimum Gasteiger partial charge on any atom is -0.392 e. The second kappa shape index (κ2) is 6.36. The van der Waals surface area contributed by atoms with Gasteiger partial charge in [0.25, 0.3) is 0 Å². The highest BCUT2D eigenvalue weighted by atomic mass is 16.3. The van der Waals surface area contributed by atoms with Gasteiger partial charge >= 0.3 is 0 Å². The summed E-state index contributed by atoms with van der Waals surface area (Å²) in [7, 11) is 0. The second-order valence-corrected chi connectivity index (χ2v) is 3.87. The molecule has 0 aromatic heterocycles. The smallest absolute Gasteiger partial charge is 0.106 e. The summed E-state index contributed by atoms with van der Waals surface area (Å²) in [5.41, 5.74) is 1.30. The molecule has 2 rings (SSSR count). The van der Waals surface area contributed by atoms with E-state index in [-0.39, 0.29) is 6.10 Å². The molecule has 0 bridgehead atoms. The molecule has 82 valence electrons. The van der Waals surface area contributed by atoms with Crippen LogP contribution in [-0.4, -0.2) is 18.0 Å². The molecule has 0 spiro atoms. The highest BCUT2D eigenvalue weighted by Gasteiger charge is 2.23. The predicted molar refractivity (Wildman–Crippen MR) is 60.8 cm³/mol. The topological polar surface area (TPSA) is 37.3 Å². The van der Waals surface area contributed by atoms with Crippen LogP contribution in [0.2, 0.25) is 0 Å². The van der Waals surface area contributed by atoms with Crippen LogP contribution in [0, 0.1) is 0 Å². The van der Waals surface area contributed by atoms with E-state index in [0.29, 0.717) is 5.92 Å². The molecule has 15 heavy (non-hydrogen) atoms. The van der Waals surface area contributed by atoms with Crippen molar-refractivity contribution in [1.82, 2.24) is 0 Å². The van der Waals surface area contributed by atoms with Gasteiger partial charge in [-0.2, -0.15) is 0 Å². The van der Waals surface area contributed by atoms with E-state index in [1.54, 1.807) is 0 Å². The van der Waals surface area contributed by atoms with E-state index in [4.69, 9.17) is 4.79 Å². The zero-order valence-electron chi connectivity index (χ0n) is 8.93. The molecule has 0 saturated heterocycles. The minimum atomic E-state index is -0.115. The Balaban J connectivity index is 0.000000531. The normalized spacial score (nSPS) is 25.1. The van der Waals surface area contributed by atoms with Crippen molar-refractivity contribution in [3.63, 3.8) is 0 Å². The second-order valence-electron chi connectivity index (χ2n) is 3.87. The van der Waals surface area contributed by atoms with Gasteiger partial charge in [-0.05, 0) is 18.4 Å². The highest BCUT2D eigenvalue weighted by Crippen LogP contribution is 2.32. The third-order valence-corrected chi connectivity index (χ3v) is 2.96. The molecule has 1 N–H and O–H groups in total. The summed E-state index contributed by atoms with van der Waals surface area (Å²) in [4.78, 5) is 8.00. The molecule has 0 heterocycles. The number of aliphatic hydroxyl groups excluding tert-OH is 1. The van der Waals surface area contributed by atoms with Crippen LogP contribution < -0.4 is 0 Å². The minimum absolute atomic E-state index is 0.115. The predicted octanol–water partition coefficient (Wildman–Crippen LogP) is 2.52. The third-order valence-electron chi connectivity index (χ3n) is 2.96. The largest absolute Gasteiger partial charge is 0.392 e. The van der Waals surface area contributed by atoms with E-state index in [2.05, 4.69) is 24.3 Å². The van der Waals surface area contributed by atoms with Crippen molar-refractivity contribution in [2.45, 2.75) is 37.7 Å². The average Bonchev–Trinajstić information content (AvgIpc) is 2.33. The van der Waals surface area contributed by atoms with E-state index >= 15 is 0 Å². The highest BCUT2D eigenvalue weighted by molar-refractivity contribution is 5.21. The molecular formula is C13H18O2. The van der Waals surface area contributed by atoms with Gasteiger partial charge in [-0.15, -0.1) is 0 Å². The van der Waals surface area contributed by atoms with Crippen molar-refractivity contribution < 1.29 is 9.90 Å². The maximum Gasteiger partial charge on any atom is 0.106 e. The molecule has 2 atom stereocenters. The van der Waals surface area contributed by atoms with Crippen LogP contribution in [0.15, 0.2) is 30.3 Å². The van der Waals surface area contributed by atoms with Crippen LogP contribution in [0.4, 0.5) is 0 Å². The first-order valence-corrected chi connectivity index (χ1v) is 5.40. The summed E-state index contributed by atoms with van der Waals surface area (Å²) in [6.45, 7) is 2.00. The van der Waals surface area contributed by atoms with Crippen molar-refractivity contribution in [3.05, 3.63) is 35.9 Å². The van der Waals surface area contributed by atoms with Crippen molar-refractivity contribution in [2.75, 3.05) is 0 Å². The first kappa shape index (κ1) is 11.9. The number of carbonyl (C=O) groups is 1. The Morgan fingerprint density at radius 1 is 1.07 bits per heavy atom. The van der Waals surface area contributed by atoms with Crippen LogP contribution in [-0.2, 0) is 4.79 Å². The number of aliphatic hydroxyl groups is 1. The van der Waals surface area contributed by atoms with Crippen molar-refractivity contribution in [3.8, 4) is 0 Å². The fourth-order valence-corrected chi connectivity index (χ4v) is 2.20. The Morgan fingerprint density at radius 2 is 1.67 bits per heavy atom. The molecular weight excluding hydrogens is 188 g/mol. The number of carbonyl (C=O) groups excluding carboxylic acids is 1. The van der Waals surface area contributed by atoms with Gasteiger partial charge in [0.05, 0.1) is 6.10 Å². The molecule has 1 aromatic rings. The summed E-state index contributed by atoms with van der Waals surface area (Å²) in [6, 6.07) is 10.4. The summed E-state index contributed by atoms with van der Waals surface area (Å²) in [6.07, 6.45) is 4.45. The maximum absolute atomic E-state index is 9.82. The Kier molecular flexibility index (Phi) is 5.05. The van der Waals surface area contributed by atoms with Gasteiger partial charge in [-0.1, -0.05) is 43.2 Å². The molecule has 1 aliphatic rings. The SMILES string of the molecule is C=O.OC1CCCCC1c1ccccc1. The van der Waals surface area contributed by atoms with Crippen LogP contribution in [0.1, 0.15) is 37.2 Å². The molecule has 0 radical (unpaired) electrons. The molecule has 1 saturated carbocycles. The Labute approximate surface area is 90.9 Å². The van der Waals surface area contributed by atoms with Crippen molar-refractivity contribution >= 4 is 6.79 Å². The van der Waals surface area contributed by atoms with Gasteiger partial charge in [0.2, 0.25) is 0 Å². The Morgan fingerprint density at radius 3 is 2.27 bits per heavy atom. The van der Waals surface area contributed by atoms with Gasteiger partial charge in [-0.3, -0.25) is 0 Å². The molecule has 1 fully saturated rings. The number of benzene rings is 1. The summed E-state index contributed by atoms with van der Waals surface area (Å²) in [5, 5.41) is 9.82. The monoisotopic (exact) mass is 206 g/mol. The Bertz CT molecular complexity index is 271. The number of rotatable bonds is 1. The fraction of sp³-hybridized carbons (Fsp3) is 0.462. The summed E-state index contributed by atoms with van der Waals surface area (Å²) < 4.78 is 0. The van der Waals surface area contributed by atoms with E-state index in [1.165, 1.54) is 18.4 Å². The lowest BCUT2D eigenvalue weighted by Gasteiger charge is -2.27. The molecule has 2 unspecified atom stereocenters. The molecule has 1 aliphatic carbocycles. The van der Waals surface area contributed by atoms with Crippen LogP contribution in [0.5, 0.6) is 0 Å². The number of hydrogen-bond donors (Lipinski definition) is 1. The molecule has 0 amide bonds. The quantitative estimate of drug-likeness (QED) is 0.766. The van der Waals surface area contributed by atoms with Gasteiger partial charge in [0, 0.05) is 5.92 Å². The van der Waals surface area contributed by atoms with Crippen molar-refractivity contribution in [2.24, 2.45) is 0 Å². The standard InChI is InChI=1S/C12H16O.CH2O/c13-12-9-5-4-8-11(12)10-6-2-1-3-7-10;1-2/h1-3,6-7,11-13H,4-5,8-9H2;1H2. The van der Waals surface area contributed by atoms with Crippen LogP contribution in [0.3, 0.4) is 0 Å². The molecule has 2 nitrogen and oxygen atoms in total. The summed E-state index contributed by atoms with van der Waals surface area (Å²) in [5.74, 6) is 0.384. The van der Waals surface area contributed by atoms with Crippen LogP contribution >= 0.6 is 0 Å². The van der Waals surface area contributed by atoms with Gasteiger partial charge in [0.15, 0.2) is 0 Å². The lowest BCUT2D eigenvalue weighted by molar-refractivity contribution is -0.0979. The first-order valence-electron chi connectivity index (χ1n) is 5.40. The lowest BCUT2D eigenvalue weighted by atomic mass is 9.82. The van der Waals surface area contributed by atoms with Gasteiger partial charge in [0.1, 0.15) is 6.79 Å².